The van der Waals surface area contributed by atoms with E-state index in [4.69, 9.17) is 0 Å². The Hall–Kier alpha value is -0.0831. The Morgan fingerprint density at radius 1 is 1.23 bits per heavy atom. The van der Waals surface area contributed by atoms with Crippen molar-refractivity contribution in [1.29, 1.82) is 0 Å². The summed E-state index contributed by atoms with van der Waals surface area (Å²) >= 11 is 0. The fourth-order valence-electron chi connectivity index (χ4n) is 2.38. The van der Waals surface area contributed by atoms with Gasteiger partial charge in [0, 0.05) is 0 Å². The molecule has 2 atom stereocenters. The summed E-state index contributed by atoms with van der Waals surface area (Å²) in [5.41, 5.74) is 4.16. The van der Waals surface area contributed by atoms with E-state index in [1.165, 1.54) is 6.42 Å². The van der Waals surface area contributed by atoms with Gasteiger partial charge in [-0.15, -0.1) is 0 Å². The second-order valence-corrected chi connectivity index (χ2v) is 9.67. The predicted molar refractivity (Wildman–Crippen MR) is 62.4 cm³/mol. The van der Waals surface area contributed by atoms with Crippen molar-refractivity contribution in [3.8, 4) is 0 Å². The molecule has 0 aliphatic heterocycles. The highest BCUT2D eigenvalue weighted by atomic mass is 28.3. The summed E-state index contributed by atoms with van der Waals surface area (Å²) in [4.78, 5) is 3.56. The maximum Gasteiger partial charge on any atom is 0.126 e. The molecule has 1 nitrogen and oxygen atoms in total. The maximum atomic E-state index is 3.56. The smallest absolute Gasteiger partial charge is 0.126 e. The standard InChI is InChI=1S/C11H23NSi/c1-8-7-11(10(3)9(8)2)13(5,6)12-4/h8,11-12H,7H2,1-6H3/t8?,11-/m0/s1. The molecule has 13 heavy (non-hydrogen) atoms. The van der Waals surface area contributed by atoms with E-state index in [0.29, 0.717) is 0 Å². The Balaban J connectivity index is 2.88. The predicted octanol–water partition coefficient (Wildman–Crippen LogP) is 3.16. The van der Waals surface area contributed by atoms with Crippen LogP contribution in [-0.2, 0) is 0 Å². The quantitative estimate of drug-likeness (QED) is 0.530. The molecule has 0 amide bonds. The molecule has 1 aliphatic rings. The third-order valence-electron chi connectivity index (χ3n) is 3.99. The van der Waals surface area contributed by atoms with Crippen molar-refractivity contribution in [3.63, 3.8) is 0 Å². The minimum atomic E-state index is -1.20. The van der Waals surface area contributed by atoms with Gasteiger partial charge in [0.2, 0.25) is 0 Å². The van der Waals surface area contributed by atoms with E-state index < -0.39 is 8.24 Å². The van der Waals surface area contributed by atoms with Crippen LogP contribution in [0.15, 0.2) is 11.1 Å². The lowest BCUT2D eigenvalue weighted by atomic mass is 10.1. The zero-order valence-electron chi connectivity index (χ0n) is 9.86. The molecule has 1 rings (SSSR count). The number of allylic oxidation sites excluding steroid dienone is 2. The van der Waals surface area contributed by atoms with Gasteiger partial charge in [-0.25, -0.2) is 0 Å². The average Bonchev–Trinajstić information content (AvgIpc) is 2.33. The molecule has 0 saturated carbocycles. The molecule has 0 aromatic heterocycles. The van der Waals surface area contributed by atoms with Crippen molar-refractivity contribution >= 4 is 8.24 Å². The molecular weight excluding hydrogens is 174 g/mol. The highest BCUT2D eigenvalue weighted by Gasteiger charge is 2.37. The molecule has 1 N–H and O–H groups in total. The molecule has 0 bridgehead atoms. The van der Waals surface area contributed by atoms with Gasteiger partial charge in [0.15, 0.2) is 0 Å². The van der Waals surface area contributed by atoms with Gasteiger partial charge in [-0.2, -0.15) is 0 Å². The van der Waals surface area contributed by atoms with Crippen LogP contribution in [0.1, 0.15) is 27.2 Å². The highest BCUT2D eigenvalue weighted by molar-refractivity contribution is 6.77. The molecule has 76 valence electrons. The van der Waals surface area contributed by atoms with Gasteiger partial charge in [0.05, 0.1) is 0 Å². The van der Waals surface area contributed by atoms with Crippen molar-refractivity contribution in [2.24, 2.45) is 5.92 Å². The SMILES string of the molecule is CN[Si](C)(C)[C@H]1CC(C)C(C)=C1C. The summed E-state index contributed by atoms with van der Waals surface area (Å²) in [7, 11) is 0.924. The lowest BCUT2D eigenvalue weighted by Gasteiger charge is -2.30. The van der Waals surface area contributed by atoms with Gasteiger partial charge in [0.1, 0.15) is 8.24 Å². The van der Waals surface area contributed by atoms with E-state index in [-0.39, 0.29) is 0 Å². The second kappa shape index (κ2) is 3.58. The Morgan fingerprint density at radius 3 is 2.08 bits per heavy atom. The third kappa shape index (κ3) is 1.89. The van der Waals surface area contributed by atoms with Crippen LogP contribution >= 0.6 is 0 Å². The zero-order valence-corrected chi connectivity index (χ0v) is 10.9. The Morgan fingerprint density at radius 2 is 1.77 bits per heavy atom. The van der Waals surface area contributed by atoms with Crippen molar-refractivity contribution in [1.82, 2.24) is 4.98 Å². The Labute approximate surface area is 83.7 Å². The number of hydrogen-bond donors (Lipinski definition) is 1. The molecule has 0 aromatic carbocycles. The summed E-state index contributed by atoms with van der Waals surface area (Å²) in [6.07, 6.45) is 1.37. The maximum absolute atomic E-state index is 3.56. The molecular formula is C11H23NSi. The van der Waals surface area contributed by atoms with Crippen LogP contribution < -0.4 is 4.98 Å². The van der Waals surface area contributed by atoms with Gasteiger partial charge in [-0.05, 0) is 38.8 Å². The lowest BCUT2D eigenvalue weighted by molar-refractivity contribution is 0.655. The number of rotatable bonds is 2. The average molecular weight is 197 g/mol. The van der Waals surface area contributed by atoms with Gasteiger partial charge in [0.25, 0.3) is 0 Å². The lowest BCUT2D eigenvalue weighted by Crippen LogP contribution is -2.46. The summed E-state index contributed by atoms with van der Waals surface area (Å²) in [6, 6.07) is 0. The summed E-state index contributed by atoms with van der Waals surface area (Å²) in [5, 5.41) is 0. The van der Waals surface area contributed by atoms with Crippen LogP contribution in [0.4, 0.5) is 0 Å². The zero-order chi connectivity index (χ0) is 10.2. The van der Waals surface area contributed by atoms with Crippen molar-refractivity contribution in [2.45, 2.75) is 45.8 Å². The van der Waals surface area contributed by atoms with Crippen LogP contribution in [0.25, 0.3) is 0 Å². The summed E-state index contributed by atoms with van der Waals surface area (Å²) < 4.78 is 0. The van der Waals surface area contributed by atoms with Crippen LogP contribution in [0.5, 0.6) is 0 Å². The molecule has 0 fully saturated rings. The molecule has 0 radical (unpaired) electrons. The normalized spacial score (nSPS) is 30.0. The van der Waals surface area contributed by atoms with Gasteiger partial charge >= 0.3 is 0 Å². The fraction of sp³-hybridized carbons (Fsp3) is 0.818. The first-order chi connectivity index (χ1) is 5.90. The van der Waals surface area contributed by atoms with E-state index >= 15 is 0 Å². The molecule has 0 spiro atoms. The minimum absolute atomic E-state index is 0.810. The molecule has 0 saturated heterocycles. The van der Waals surface area contributed by atoms with Crippen LogP contribution in [-0.4, -0.2) is 15.3 Å². The Bertz CT molecular complexity index is 230. The van der Waals surface area contributed by atoms with Crippen LogP contribution in [0, 0.1) is 5.92 Å². The van der Waals surface area contributed by atoms with E-state index in [0.717, 1.165) is 11.5 Å². The fourth-order valence-corrected chi connectivity index (χ4v) is 4.98. The van der Waals surface area contributed by atoms with E-state index in [2.05, 4.69) is 45.9 Å². The number of nitrogens with one attached hydrogen (secondary N) is 1. The molecule has 0 aromatic rings. The first-order valence-corrected chi connectivity index (χ1v) is 8.34. The Kier molecular flexibility index (Phi) is 3.03. The first-order valence-electron chi connectivity index (χ1n) is 5.26. The van der Waals surface area contributed by atoms with Crippen molar-refractivity contribution in [2.75, 3.05) is 7.05 Å². The minimum Gasteiger partial charge on any atom is -0.340 e. The molecule has 1 unspecified atom stereocenters. The topological polar surface area (TPSA) is 12.0 Å². The van der Waals surface area contributed by atoms with E-state index in [1.807, 2.05) is 0 Å². The highest BCUT2D eigenvalue weighted by Crippen LogP contribution is 2.44. The molecule has 0 heterocycles. The summed E-state index contributed by atoms with van der Waals surface area (Å²) in [5.74, 6) is 0.810. The van der Waals surface area contributed by atoms with Crippen LogP contribution in [0.2, 0.25) is 18.6 Å². The van der Waals surface area contributed by atoms with E-state index in [9.17, 15) is 0 Å². The van der Waals surface area contributed by atoms with Crippen LogP contribution in [0.3, 0.4) is 0 Å². The first kappa shape index (κ1) is 11.0. The van der Waals surface area contributed by atoms with Crippen molar-refractivity contribution < 1.29 is 0 Å². The van der Waals surface area contributed by atoms with E-state index in [1.54, 1.807) is 11.1 Å². The molecule has 1 aliphatic carbocycles. The van der Waals surface area contributed by atoms with Gasteiger partial charge in [-0.1, -0.05) is 31.2 Å². The summed E-state index contributed by atoms with van der Waals surface area (Å²) in [6.45, 7) is 11.9. The largest absolute Gasteiger partial charge is 0.340 e. The second-order valence-electron chi connectivity index (χ2n) is 5.03. The van der Waals surface area contributed by atoms with Crippen molar-refractivity contribution in [3.05, 3.63) is 11.1 Å². The monoisotopic (exact) mass is 197 g/mol. The third-order valence-corrected chi connectivity index (χ3v) is 7.69. The molecule has 2 heteroatoms. The van der Waals surface area contributed by atoms with Gasteiger partial charge in [-0.3, -0.25) is 0 Å². The van der Waals surface area contributed by atoms with Gasteiger partial charge < -0.3 is 4.98 Å². The number of hydrogen-bond acceptors (Lipinski definition) is 1.